The summed E-state index contributed by atoms with van der Waals surface area (Å²) in [5.74, 6) is -2.39. The van der Waals surface area contributed by atoms with E-state index in [0.29, 0.717) is 29.9 Å². The van der Waals surface area contributed by atoms with Gasteiger partial charge in [-0.3, -0.25) is 24.2 Å². The molecule has 13 nitrogen and oxygen atoms in total. The number of hydrogen-bond donors (Lipinski definition) is 4. The second-order valence-electron chi connectivity index (χ2n) is 8.12. The highest BCUT2D eigenvalue weighted by atomic mass is 32.2. The van der Waals surface area contributed by atoms with E-state index < -0.39 is 34.9 Å². The molecule has 37 heavy (non-hydrogen) atoms. The van der Waals surface area contributed by atoms with Crippen LogP contribution in [0.15, 0.2) is 57.9 Å². The van der Waals surface area contributed by atoms with Crippen molar-refractivity contribution >= 4 is 63.5 Å². The molecule has 2 atom stereocenters. The fraction of sp³-hybridized carbons (Fsp3) is 0.227. The number of aromatic nitrogens is 2. The number of carbonyl (C=O) groups is 4. The highest BCUT2D eigenvalue weighted by molar-refractivity contribution is 8.00. The molecule has 2 saturated heterocycles. The number of rotatable bonds is 6. The number of β-lactam (4-membered cyclic amide) rings is 1. The van der Waals surface area contributed by atoms with Gasteiger partial charge in [-0.15, -0.1) is 23.1 Å². The Balaban J connectivity index is 1.35. The van der Waals surface area contributed by atoms with E-state index in [0.717, 1.165) is 16.2 Å². The van der Waals surface area contributed by atoms with Gasteiger partial charge in [0.05, 0.1) is 0 Å². The number of carbonyl (C=O) groups excluding carboxylic acids is 3. The monoisotopic (exact) mass is 541 g/mol. The molecular formula is C22H19N7O6S2. The van der Waals surface area contributed by atoms with Crippen LogP contribution in [0.1, 0.15) is 12.1 Å². The summed E-state index contributed by atoms with van der Waals surface area (Å²) < 4.78 is 0. The van der Waals surface area contributed by atoms with Crippen LogP contribution in [-0.4, -0.2) is 78.3 Å². The Morgan fingerprint density at radius 1 is 1.30 bits per heavy atom. The van der Waals surface area contributed by atoms with E-state index in [4.69, 9.17) is 5.73 Å². The van der Waals surface area contributed by atoms with Crippen molar-refractivity contribution in [2.45, 2.75) is 17.8 Å². The van der Waals surface area contributed by atoms with Crippen molar-refractivity contribution in [2.24, 2.45) is 5.16 Å². The van der Waals surface area contributed by atoms with Gasteiger partial charge in [-0.25, -0.2) is 14.8 Å². The van der Waals surface area contributed by atoms with Crippen LogP contribution in [0.2, 0.25) is 0 Å². The van der Waals surface area contributed by atoms with Crippen molar-refractivity contribution in [3.05, 3.63) is 58.4 Å². The fourth-order valence-electron chi connectivity index (χ4n) is 4.26. The standard InChI is InChI=1S/C22H19N7O6S2/c23-22-25-12(9-37-22)14(27-35)17(30)26-15-19(32)29-16(21(33)34)11(8-36-20(15)29)7-10-4-6-28(18(10)31)13-3-1-2-5-24-13/h1-3,5,7,9,15,20,35H,4,6,8H2,(H2,23,25)(H,26,30)(H,33,34)/b10-7+,27-14-/t15-,20-/m1/s1. The molecule has 0 radical (unpaired) electrons. The number of aliphatic carboxylic acids is 1. The second kappa shape index (κ2) is 9.67. The van der Waals surface area contributed by atoms with Crippen LogP contribution in [0, 0.1) is 0 Å². The third kappa shape index (κ3) is 4.31. The number of anilines is 2. The van der Waals surface area contributed by atoms with Gasteiger partial charge in [0.2, 0.25) is 0 Å². The molecule has 0 aliphatic carbocycles. The number of allylic oxidation sites excluding steroid dienone is 1. The molecule has 2 fully saturated rings. The summed E-state index contributed by atoms with van der Waals surface area (Å²) in [6.07, 6.45) is 3.51. The minimum absolute atomic E-state index is 0.0448. The number of oxime groups is 1. The van der Waals surface area contributed by atoms with E-state index in [9.17, 15) is 29.5 Å². The lowest BCUT2D eigenvalue weighted by Crippen LogP contribution is -2.71. The number of pyridine rings is 1. The van der Waals surface area contributed by atoms with Gasteiger partial charge in [0, 0.05) is 29.4 Å². The molecule has 15 heteroatoms. The number of nitrogens with zero attached hydrogens (tertiary/aromatic N) is 5. The summed E-state index contributed by atoms with van der Waals surface area (Å²) >= 11 is 2.30. The van der Waals surface area contributed by atoms with Crippen LogP contribution in [0.25, 0.3) is 0 Å². The molecular weight excluding hydrogens is 522 g/mol. The van der Waals surface area contributed by atoms with Crippen molar-refractivity contribution < 1.29 is 29.5 Å². The van der Waals surface area contributed by atoms with Crippen molar-refractivity contribution in [2.75, 3.05) is 22.9 Å². The molecule has 0 aromatic carbocycles. The number of carboxylic acid groups (broad SMARTS) is 1. The highest BCUT2D eigenvalue weighted by Crippen LogP contribution is 2.41. The lowest BCUT2D eigenvalue weighted by Gasteiger charge is -2.49. The predicted octanol–water partition coefficient (Wildman–Crippen LogP) is 0.401. The number of thiazole rings is 1. The molecule has 2 aromatic rings. The maximum absolute atomic E-state index is 12.9. The first-order valence-corrected chi connectivity index (χ1v) is 12.8. The minimum Gasteiger partial charge on any atom is -0.477 e. The summed E-state index contributed by atoms with van der Waals surface area (Å²) in [5.41, 5.74) is 5.70. The topological polar surface area (TPSA) is 191 Å². The number of nitrogens with two attached hydrogens (primary N) is 1. The Morgan fingerprint density at radius 2 is 2.11 bits per heavy atom. The molecule has 0 spiro atoms. The molecule has 0 bridgehead atoms. The zero-order valence-electron chi connectivity index (χ0n) is 18.9. The molecule has 3 aliphatic rings. The van der Waals surface area contributed by atoms with Gasteiger partial charge in [0.25, 0.3) is 17.7 Å². The third-order valence-corrected chi connectivity index (χ3v) is 7.94. The molecule has 5 rings (SSSR count). The first kappa shape index (κ1) is 24.5. The molecule has 190 valence electrons. The van der Waals surface area contributed by atoms with Gasteiger partial charge in [-0.2, -0.15) is 0 Å². The van der Waals surface area contributed by atoms with Crippen LogP contribution >= 0.6 is 23.1 Å². The van der Waals surface area contributed by atoms with E-state index in [1.807, 2.05) is 0 Å². The molecule has 0 unspecified atom stereocenters. The Hall–Kier alpha value is -4.24. The van der Waals surface area contributed by atoms with E-state index in [-0.39, 0.29) is 28.2 Å². The third-order valence-electron chi connectivity index (χ3n) is 5.97. The van der Waals surface area contributed by atoms with E-state index in [2.05, 4.69) is 20.4 Å². The zero-order chi connectivity index (χ0) is 26.3. The van der Waals surface area contributed by atoms with Crippen LogP contribution < -0.4 is 16.0 Å². The molecule has 5 N–H and O–H groups in total. The number of hydrogen-bond acceptors (Lipinski definition) is 11. The van der Waals surface area contributed by atoms with E-state index >= 15 is 0 Å². The van der Waals surface area contributed by atoms with Crippen LogP contribution in [0.3, 0.4) is 0 Å². The average molecular weight is 542 g/mol. The van der Waals surface area contributed by atoms with Crippen LogP contribution in [0.5, 0.6) is 0 Å². The SMILES string of the molecule is Nc1nc(/C(=N/O)C(=O)N[C@@H]2C(=O)N3C(C(=O)O)=C(/C=C4\CCN(c5ccccn5)C4=O)CS[C@H]23)cs1. The second-order valence-corrected chi connectivity index (χ2v) is 10.1. The molecule has 5 heterocycles. The van der Waals surface area contributed by atoms with Gasteiger partial charge >= 0.3 is 5.97 Å². The van der Waals surface area contributed by atoms with Gasteiger partial charge in [-0.05, 0) is 30.2 Å². The van der Waals surface area contributed by atoms with Gasteiger partial charge in [0.15, 0.2) is 10.8 Å². The Labute approximate surface area is 217 Å². The molecule has 3 aliphatic heterocycles. The van der Waals surface area contributed by atoms with Gasteiger partial charge in [0.1, 0.15) is 28.6 Å². The zero-order valence-corrected chi connectivity index (χ0v) is 20.5. The summed E-state index contributed by atoms with van der Waals surface area (Å²) in [7, 11) is 0. The number of nitrogen functional groups attached to an aromatic ring is 1. The van der Waals surface area contributed by atoms with E-state index in [1.165, 1.54) is 28.1 Å². The first-order chi connectivity index (χ1) is 17.8. The normalized spacial score (nSPS) is 22.8. The van der Waals surface area contributed by atoms with Crippen LogP contribution in [0.4, 0.5) is 10.9 Å². The predicted molar refractivity (Wildman–Crippen MR) is 134 cm³/mol. The summed E-state index contributed by atoms with van der Waals surface area (Å²) in [5, 5.41) is 25.6. The summed E-state index contributed by atoms with van der Waals surface area (Å²) in [6, 6.07) is 4.19. The maximum Gasteiger partial charge on any atom is 0.352 e. The number of fused-ring (bicyclic) bond motifs is 1. The smallest absolute Gasteiger partial charge is 0.352 e. The molecule has 2 aromatic heterocycles. The fourth-order valence-corrected chi connectivity index (χ4v) is 6.12. The summed E-state index contributed by atoms with van der Waals surface area (Å²) in [4.78, 5) is 61.4. The Kier molecular flexibility index (Phi) is 6.39. The quantitative estimate of drug-likeness (QED) is 0.131. The van der Waals surface area contributed by atoms with Crippen molar-refractivity contribution in [1.82, 2.24) is 20.2 Å². The maximum atomic E-state index is 12.9. The number of nitrogens with one attached hydrogen (secondary N) is 1. The van der Waals surface area contributed by atoms with Crippen molar-refractivity contribution in [3.8, 4) is 0 Å². The molecule has 0 saturated carbocycles. The number of carboxylic acids is 1. The Bertz CT molecular complexity index is 1400. The van der Waals surface area contributed by atoms with E-state index in [1.54, 1.807) is 24.4 Å². The largest absolute Gasteiger partial charge is 0.477 e. The highest BCUT2D eigenvalue weighted by Gasteiger charge is 2.54. The lowest BCUT2D eigenvalue weighted by atomic mass is 10.0. The average Bonchev–Trinajstić information content (AvgIpc) is 3.48. The number of thioether (sulfide) groups is 1. The first-order valence-electron chi connectivity index (χ1n) is 10.9. The number of amides is 3. The van der Waals surface area contributed by atoms with Crippen molar-refractivity contribution in [1.29, 1.82) is 0 Å². The van der Waals surface area contributed by atoms with Gasteiger partial charge in [-0.1, -0.05) is 11.2 Å². The Morgan fingerprint density at radius 3 is 2.76 bits per heavy atom. The summed E-state index contributed by atoms with van der Waals surface area (Å²) in [6.45, 7) is 0.406. The molecule has 3 amide bonds. The van der Waals surface area contributed by atoms with Crippen LogP contribution in [-0.2, 0) is 19.2 Å². The minimum atomic E-state index is -1.32. The lowest BCUT2D eigenvalue weighted by molar-refractivity contribution is -0.150. The van der Waals surface area contributed by atoms with Crippen molar-refractivity contribution in [3.63, 3.8) is 0 Å². The van der Waals surface area contributed by atoms with Gasteiger partial charge < -0.3 is 21.4 Å².